The van der Waals surface area contributed by atoms with Crippen LogP contribution in [0.25, 0.3) is 11.4 Å². The zero-order valence-corrected chi connectivity index (χ0v) is 13.0. The van der Waals surface area contributed by atoms with Gasteiger partial charge in [0.1, 0.15) is 0 Å². The molecule has 2 atom stereocenters. The Bertz CT molecular complexity index is 660. The largest absolute Gasteiger partial charge is 0.384 e. The number of fused-ring (bicyclic) bond motifs is 1. The predicted molar refractivity (Wildman–Crippen MR) is 85.8 cm³/mol. The molecule has 5 heteroatoms. The van der Waals surface area contributed by atoms with Crippen LogP contribution in [0, 0.1) is 0 Å². The van der Waals surface area contributed by atoms with Crippen molar-refractivity contribution >= 4 is 5.69 Å². The van der Waals surface area contributed by atoms with Crippen LogP contribution < -0.4 is 5.32 Å². The molecule has 2 aliphatic heterocycles. The first kappa shape index (κ1) is 13.8. The van der Waals surface area contributed by atoms with Crippen molar-refractivity contribution < 1.29 is 4.74 Å². The molecular formula is C17H22N4O. The van der Waals surface area contributed by atoms with Gasteiger partial charge in [-0.05, 0) is 43.9 Å². The Morgan fingerprint density at radius 1 is 1.23 bits per heavy atom. The lowest BCUT2D eigenvalue weighted by atomic mass is 9.97. The van der Waals surface area contributed by atoms with Crippen molar-refractivity contribution in [1.82, 2.24) is 14.8 Å². The van der Waals surface area contributed by atoms with E-state index < -0.39 is 0 Å². The molecule has 0 spiro atoms. The summed E-state index contributed by atoms with van der Waals surface area (Å²) in [5.41, 5.74) is 4.37. The quantitative estimate of drug-likeness (QED) is 0.921. The summed E-state index contributed by atoms with van der Waals surface area (Å²) in [5, 5.41) is 7.92. The summed E-state index contributed by atoms with van der Waals surface area (Å²) >= 11 is 0. The Morgan fingerprint density at radius 3 is 3.05 bits per heavy atom. The van der Waals surface area contributed by atoms with Gasteiger partial charge in [-0.3, -0.25) is 0 Å². The summed E-state index contributed by atoms with van der Waals surface area (Å²) in [6.07, 6.45) is 6.39. The normalized spacial score (nSPS) is 24.6. The van der Waals surface area contributed by atoms with Gasteiger partial charge in [0.2, 0.25) is 0 Å². The van der Waals surface area contributed by atoms with Gasteiger partial charge in [0.05, 0.1) is 22.8 Å². The highest BCUT2D eigenvalue weighted by Gasteiger charge is 2.22. The molecule has 4 rings (SSSR count). The molecule has 22 heavy (non-hydrogen) atoms. The van der Waals surface area contributed by atoms with Crippen molar-refractivity contribution in [3.05, 3.63) is 30.1 Å². The smallest absolute Gasteiger partial charge is 0.150 e. The third-order valence-corrected chi connectivity index (χ3v) is 4.65. The van der Waals surface area contributed by atoms with Crippen molar-refractivity contribution in [2.24, 2.45) is 0 Å². The third kappa shape index (κ3) is 2.39. The van der Waals surface area contributed by atoms with Crippen molar-refractivity contribution in [3.8, 4) is 11.4 Å². The van der Waals surface area contributed by atoms with E-state index in [1.807, 2.05) is 16.9 Å². The van der Waals surface area contributed by atoms with Gasteiger partial charge >= 0.3 is 0 Å². The van der Waals surface area contributed by atoms with Crippen molar-refractivity contribution in [1.29, 1.82) is 0 Å². The van der Waals surface area contributed by atoms with Crippen LogP contribution in [0.4, 0.5) is 5.69 Å². The molecule has 5 nitrogen and oxygen atoms in total. The van der Waals surface area contributed by atoms with E-state index in [1.165, 1.54) is 17.8 Å². The molecule has 1 fully saturated rings. The van der Waals surface area contributed by atoms with Crippen LogP contribution in [-0.2, 0) is 4.74 Å². The van der Waals surface area contributed by atoms with Gasteiger partial charge in [0.15, 0.2) is 6.23 Å². The molecule has 0 radical (unpaired) electrons. The summed E-state index contributed by atoms with van der Waals surface area (Å²) in [7, 11) is 0. The third-order valence-electron chi connectivity index (χ3n) is 4.65. The highest BCUT2D eigenvalue weighted by Crippen LogP contribution is 2.33. The van der Waals surface area contributed by atoms with E-state index in [0.717, 1.165) is 43.8 Å². The van der Waals surface area contributed by atoms with Crippen LogP contribution in [0.3, 0.4) is 0 Å². The number of nitrogens with one attached hydrogen (secondary N) is 1. The van der Waals surface area contributed by atoms with E-state index in [1.54, 1.807) is 0 Å². The van der Waals surface area contributed by atoms with E-state index in [4.69, 9.17) is 9.72 Å². The minimum atomic E-state index is 0.0483. The second kappa shape index (κ2) is 5.72. The minimum absolute atomic E-state index is 0.0483. The summed E-state index contributed by atoms with van der Waals surface area (Å²) in [6, 6.07) is 6.26. The minimum Gasteiger partial charge on any atom is -0.384 e. The lowest BCUT2D eigenvalue weighted by Crippen LogP contribution is -2.20. The first-order valence-corrected chi connectivity index (χ1v) is 8.23. The van der Waals surface area contributed by atoms with E-state index in [0.29, 0.717) is 5.92 Å². The molecule has 1 N–H and O–H groups in total. The molecule has 0 bridgehead atoms. The molecule has 0 aliphatic carbocycles. The zero-order chi connectivity index (χ0) is 14.9. The second-order valence-corrected chi connectivity index (χ2v) is 6.23. The highest BCUT2D eigenvalue weighted by atomic mass is 16.5. The van der Waals surface area contributed by atoms with E-state index in [-0.39, 0.29) is 6.23 Å². The van der Waals surface area contributed by atoms with Crippen molar-refractivity contribution in [2.75, 3.05) is 18.5 Å². The second-order valence-electron chi connectivity index (χ2n) is 6.23. The zero-order valence-electron chi connectivity index (χ0n) is 13.0. The Balaban J connectivity index is 1.70. The van der Waals surface area contributed by atoms with E-state index in [2.05, 4.69) is 29.5 Å². The molecule has 0 saturated carbocycles. The van der Waals surface area contributed by atoms with Gasteiger partial charge in [-0.15, -0.1) is 0 Å². The fraction of sp³-hybridized carbons (Fsp3) is 0.529. The Labute approximate surface area is 130 Å². The maximum atomic E-state index is 5.88. The Hall–Kier alpha value is -1.88. The maximum Gasteiger partial charge on any atom is 0.150 e. The molecule has 0 amide bonds. The van der Waals surface area contributed by atoms with Crippen LogP contribution in [0.5, 0.6) is 0 Å². The van der Waals surface area contributed by atoms with Crippen LogP contribution in [0.15, 0.2) is 24.4 Å². The van der Waals surface area contributed by atoms with Crippen molar-refractivity contribution in [3.63, 3.8) is 0 Å². The van der Waals surface area contributed by atoms with Crippen LogP contribution >= 0.6 is 0 Å². The monoisotopic (exact) mass is 298 g/mol. The molecule has 0 aromatic carbocycles. The average molecular weight is 298 g/mol. The summed E-state index contributed by atoms with van der Waals surface area (Å²) in [5.74, 6) is 0.499. The fourth-order valence-electron chi connectivity index (χ4n) is 3.37. The molecule has 1 unspecified atom stereocenters. The van der Waals surface area contributed by atoms with Crippen LogP contribution in [-0.4, -0.2) is 27.9 Å². The Morgan fingerprint density at radius 2 is 2.18 bits per heavy atom. The maximum absolute atomic E-state index is 5.88. The van der Waals surface area contributed by atoms with Gasteiger partial charge in [0.25, 0.3) is 0 Å². The van der Waals surface area contributed by atoms with Gasteiger partial charge in [-0.2, -0.15) is 5.10 Å². The van der Waals surface area contributed by atoms with Crippen molar-refractivity contribution in [2.45, 2.75) is 44.8 Å². The SMILES string of the molecule is C[C@@H]1CCNc2ccc(-c3ccnn3C3CCCCO3)nc21. The summed E-state index contributed by atoms with van der Waals surface area (Å²) in [6.45, 7) is 4.10. The number of hydrogen-bond acceptors (Lipinski definition) is 4. The number of pyridine rings is 1. The van der Waals surface area contributed by atoms with Crippen LogP contribution in [0.2, 0.25) is 0 Å². The average Bonchev–Trinajstić information content (AvgIpc) is 3.05. The molecule has 116 valence electrons. The number of anilines is 1. The molecule has 1 saturated heterocycles. The Kier molecular flexibility index (Phi) is 3.58. The number of hydrogen-bond donors (Lipinski definition) is 1. The van der Waals surface area contributed by atoms with Gasteiger partial charge in [-0.25, -0.2) is 9.67 Å². The summed E-state index contributed by atoms with van der Waals surface area (Å²) < 4.78 is 7.87. The van der Waals surface area contributed by atoms with Gasteiger partial charge < -0.3 is 10.1 Å². The molecule has 4 heterocycles. The first-order chi connectivity index (χ1) is 10.8. The number of rotatable bonds is 2. The first-order valence-electron chi connectivity index (χ1n) is 8.23. The molecule has 2 aromatic heterocycles. The molecule has 2 aliphatic rings. The number of ether oxygens (including phenoxy) is 1. The predicted octanol–water partition coefficient (Wildman–Crippen LogP) is 3.56. The fourth-order valence-corrected chi connectivity index (χ4v) is 3.37. The molecular weight excluding hydrogens is 276 g/mol. The number of aromatic nitrogens is 3. The summed E-state index contributed by atoms with van der Waals surface area (Å²) in [4.78, 5) is 4.91. The lowest BCUT2D eigenvalue weighted by Gasteiger charge is -2.25. The highest BCUT2D eigenvalue weighted by molar-refractivity contribution is 5.61. The number of nitrogens with zero attached hydrogens (tertiary/aromatic N) is 3. The van der Waals surface area contributed by atoms with Gasteiger partial charge in [-0.1, -0.05) is 6.92 Å². The molecule has 2 aromatic rings. The standard InChI is InChI=1S/C17H22N4O/c1-12-7-9-18-14-6-5-13(20-17(12)14)15-8-10-19-21(15)16-4-2-3-11-22-16/h5-6,8,10,12,16,18H,2-4,7,9,11H2,1H3/t12-,16?/m1/s1. The van der Waals surface area contributed by atoms with E-state index >= 15 is 0 Å². The van der Waals surface area contributed by atoms with Crippen LogP contribution in [0.1, 0.15) is 50.4 Å². The van der Waals surface area contributed by atoms with Gasteiger partial charge in [0, 0.05) is 25.3 Å². The lowest BCUT2D eigenvalue weighted by molar-refractivity contribution is -0.0384. The topological polar surface area (TPSA) is 52.0 Å². The van der Waals surface area contributed by atoms with E-state index in [9.17, 15) is 0 Å².